The van der Waals surface area contributed by atoms with Crippen LogP contribution in [-0.4, -0.2) is 11.9 Å². The van der Waals surface area contributed by atoms with E-state index in [1.165, 1.54) is 31.2 Å². The molecule has 1 unspecified atom stereocenters. The molecule has 0 saturated heterocycles. The van der Waals surface area contributed by atoms with Gasteiger partial charge in [0, 0.05) is 23.3 Å². The predicted octanol–water partition coefficient (Wildman–Crippen LogP) is 4.79. The summed E-state index contributed by atoms with van der Waals surface area (Å²) in [6.07, 6.45) is 9.15. The molecule has 0 amide bonds. The van der Waals surface area contributed by atoms with Crippen molar-refractivity contribution in [1.82, 2.24) is 5.32 Å². The number of fused-ring (bicyclic) bond motifs is 1. The van der Waals surface area contributed by atoms with Crippen molar-refractivity contribution in [2.75, 3.05) is 0 Å². The first-order chi connectivity index (χ1) is 12.7. The number of azo groups is 1. The third kappa shape index (κ3) is 2.04. The highest BCUT2D eigenvalue weighted by molar-refractivity contribution is 6.01. The van der Waals surface area contributed by atoms with Crippen molar-refractivity contribution in [1.29, 1.82) is 0 Å². The first kappa shape index (κ1) is 16.0. The van der Waals surface area contributed by atoms with Crippen molar-refractivity contribution >= 4 is 5.78 Å². The lowest BCUT2D eigenvalue weighted by atomic mass is 9.58. The van der Waals surface area contributed by atoms with E-state index < -0.39 is 5.41 Å². The molecule has 0 radical (unpaired) electrons. The van der Waals surface area contributed by atoms with Crippen molar-refractivity contribution in [2.45, 2.75) is 63.5 Å². The van der Waals surface area contributed by atoms with Gasteiger partial charge in [-0.25, -0.2) is 0 Å². The molecule has 1 N–H and O–H groups in total. The molecule has 4 heteroatoms. The van der Waals surface area contributed by atoms with Crippen LogP contribution >= 0.6 is 0 Å². The molecule has 2 aliphatic carbocycles. The molecule has 26 heavy (non-hydrogen) atoms. The Balaban J connectivity index is 1.72. The third-order valence-corrected chi connectivity index (χ3v) is 7.03. The lowest BCUT2D eigenvalue weighted by Gasteiger charge is -2.48. The van der Waals surface area contributed by atoms with E-state index in [-0.39, 0.29) is 11.6 Å². The topological polar surface area (TPSA) is 53.8 Å². The number of allylic oxidation sites excluding steroid dienone is 2. The van der Waals surface area contributed by atoms with Gasteiger partial charge in [0.2, 0.25) is 0 Å². The number of carbonyl (C=O) groups excluding carboxylic acids is 1. The van der Waals surface area contributed by atoms with Crippen molar-refractivity contribution in [3.63, 3.8) is 0 Å². The molecular weight excluding hydrogens is 322 g/mol. The largest absolute Gasteiger partial charge is 0.362 e. The van der Waals surface area contributed by atoms with Crippen LogP contribution in [0.3, 0.4) is 0 Å². The Hall–Kier alpha value is -2.23. The molecular formula is C22H25N3O. The fourth-order valence-electron chi connectivity index (χ4n) is 5.89. The summed E-state index contributed by atoms with van der Waals surface area (Å²) in [5, 5.41) is 12.3. The zero-order chi connectivity index (χ0) is 17.8. The minimum atomic E-state index is -0.396. The highest BCUT2D eigenvalue weighted by Gasteiger charge is 2.54. The zero-order valence-corrected chi connectivity index (χ0v) is 15.3. The van der Waals surface area contributed by atoms with Crippen LogP contribution in [0.1, 0.15) is 57.4 Å². The van der Waals surface area contributed by atoms with Gasteiger partial charge >= 0.3 is 0 Å². The summed E-state index contributed by atoms with van der Waals surface area (Å²) in [5.41, 5.74) is 4.22. The van der Waals surface area contributed by atoms with Crippen LogP contribution < -0.4 is 5.32 Å². The van der Waals surface area contributed by atoms with Crippen LogP contribution in [0.2, 0.25) is 0 Å². The lowest BCUT2D eigenvalue weighted by Crippen LogP contribution is -2.51. The zero-order valence-electron chi connectivity index (χ0n) is 15.3. The van der Waals surface area contributed by atoms with Gasteiger partial charge in [-0.2, -0.15) is 10.2 Å². The van der Waals surface area contributed by atoms with Gasteiger partial charge in [-0.05, 0) is 36.7 Å². The van der Waals surface area contributed by atoms with E-state index in [1.807, 2.05) is 12.3 Å². The molecule has 2 atom stereocenters. The average Bonchev–Trinajstić information content (AvgIpc) is 3.30. The number of nitrogens with zero attached hydrogens (tertiary/aromatic N) is 2. The second-order valence-electron chi connectivity index (χ2n) is 8.32. The first-order valence-corrected chi connectivity index (χ1v) is 9.88. The lowest BCUT2D eigenvalue weighted by molar-refractivity contribution is -0.119. The average molecular weight is 347 g/mol. The molecule has 1 saturated carbocycles. The SMILES string of the molecule is CC[C@@]1(c2ccccc2)C2=CN=NC2NC2=C1C(=O)CC1(CCCC1)C2. The second kappa shape index (κ2) is 5.63. The second-order valence-corrected chi connectivity index (χ2v) is 8.32. The van der Waals surface area contributed by atoms with Gasteiger partial charge in [-0.1, -0.05) is 50.1 Å². The first-order valence-electron chi connectivity index (χ1n) is 9.88. The van der Waals surface area contributed by atoms with Gasteiger partial charge in [0.15, 0.2) is 11.9 Å². The molecule has 1 aromatic carbocycles. The Morgan fingerprint density at radius 1 is 1.15 bits per heavy atom. The molecule has 1 aromatic rings. The van der Waals surface area contributed by atoms with Crippen LogP contribution in [0.15, 0.2) is 63.6 Å². The minimum Gasteiger partial charge on any atom is -0.362 e. The van der Waals surface area contributed by atoms with Gasteiger partial charge < -0.3 is 5.32 Å². The fraction of sp³-hybridized carbons (Fsp3) is 0.500. The van der Waals surface area contributed by atoms with Crippen molar-refractivity contribution in [2.24, 2.45) is 15.6 Å². The number of nitrogens with one attached hydrogen (secondary N) is 1. The molecule has 1 spiro atoms. The Bertz CT molecular complexity index is 845. The van der Waals surface area contributed by atoms with Crippen molar-refractivity contribution in [3.05, 3.63) is 58.9 Å². The summed E-state index contributed by atoms with van der Waals surface area (Å²) in [6.45, 7) is 2.19. The van der Waals surface area contributed by atoms with E-state index in [1.54, 1.807) is 0 Å². The number of ketones is 1. The number of benzene rings is 1. The molecule has 2 heterocycles. The summed E-state index contributed by atoms with van der Waals surface area (Å²) < 4.78 is 0. The standard InChI is InChI=1S/C22H25N3O/c1-2-22(15-8-4-3-5-9-15)16-14-23-25-20(16)24-17-12-21(10-6-7-11-21)13-18(26)19(17)22/h3-5,8-9,14,20,24H,2,6-7,10-13H2,1H3/t20?,22-/m1/s1. The van der Waals surface area contributed by atoms with E-state index >= 15 is 0 Å². The highest BCUT2D eigenvalue weighted by atomic mass is 16.1. The van der Waals surface area contributed by atoms with E-state index in [0.717, 1.165) is 29.7 Å². The number of hydrogen-bond donors (Lipinski definition) is 1. The number of hydrogen-bond acceptors (Lipinski definition) is 4. The quantitative estimate of drug-likeness (QED) is 0.836. The Labute approximate surface area is 154 Å². The smallest absolute Gasteiger partial charge is 0.164 e. The Morgan fingerprint density at radius 2 is 1.92 bits per heavy atom. The van der Waals surface area contributed by atoms with Gasteiger partial charge in [0.1, 0.15) is 0 Å². The van der Waals surface area contributed by atoms with Gasteiger partial charge in [-0.3, -0.25) is 4.79 Å². The molecule has 4 aliphatic rings. The third-order valence-electron chi connectivity index (χ3n) is 7.03. The molecule has 4 nitrogen and oxygen atoms in total. The Morgan fingerprint density at radius 3 is 2.65 bits per heavy atom. The van der Waals surface area contributed by atoms with Crippen molar-refractivity contribution in [3.8, 4) is 0 Å². The molecule has 1 fully saturated rings. The molecule has 5 rings (SSSR count). The monoisotopic (exact) mass is 347 g/mol. The summed E-state index contributed by atoms with van der Waals surface area (Å²) >= 11 is 0. The van der Waals surface area contributed by atoms with Gasteiger partial charge in [0.05, 0.1) is 11.6 Å². The maximum absolute atomic E-state index is 13.5. The van der Waals surface area contributed by atoms with Crippen LogP contribution in [0, 0.1) is 5.41 Å². The summed E-state index contributed by atoms with van der Waals surface area (Å²) in [6, 6.07) is 10.5. The fourth-order valence-corrected chi connectivity index (χ4v) is 5.89. The van der Waals surface area contributed by atoms with Crippen LogP contribution in [-0.2, 0) is 10.2 Å². The van der Waals surface area contributed by atoms with E-state index in [4.69, 9.17) is 0 Å². The Kier molecular flexibility index (Phi) is 3.46. The van der Waals surface area contributed by atoms with Crippen LogP contribution in [0.5, 0.6) is 0 Å². The number of carbonyl (C=O) groups is 1. The van der Waals surface area contributed by atoms with Crippen LogP contribution in [0.4, 0.5) is 0 Å². The number of rotatable bonds is 2. The molecule has 0 aromatic heterocycles. The molecule has 0 bridgehead atoms. The van der Waals surface area contributed by atoms with Crippen molar-refractivity contribution < 1.29 is 4.79 Å². The van der Waals surface area contributed by atoms with Crippen LogP contribution in [0.25, 0.3) is 0 Å². The normalized spacial score (nSPS) is 31.7. The summed E-state index contributed by atoms with van der Waals surface area (Å²) in [4.78, 5) is 13.5. The minimum absolute atomic E-state index is 0.127. The predicted molar refractivity (Wildman–Crippen MR) is 100 cm³/mol. The van der Waals surface area contributed by atoms with E-state index in [0.29, 0.717) is 12.2 Å². The summed E-state index contributed by atoms with van der Waals surface area (Å²) in [7, 11) is 0. The maximum Gasteiger partial charge on any atom is 0.164 e. The number of Topliss-reactive ketones (excluding diaryl/α,β-unsaturated/α-hetero) is 1. The van der Waals surface area contributed by atoms with Gasteiger partial charge in [-0.15, -0.1) is 0 Å². The summed E-state index contributed by atoms with van der Waals surface area (Å²) in [5.74, 6) is 0.331. The maximum atomic E-state index is 13.5. The van der Waals surface area contributed by atoms with E-state index in [2.05, 4.69) is 46.7 Å². The highest BCUT2D eigenvalue weighted by Crippen LogP contribution is 2.56. The van der Waals surface area contributed by atoms with E-state index in [9.17, 15) is 4.79 Å². The van der Waals surface area contributed by atoms with Gasteiger partial charge in [0.25, 0.3) is 0 Å². The molecule has 134 valence electrons. The molecule has 2 aliphatic heterocycles.